The zero-order valence-electron chi connectivity index (χ0n) is 8.41. The van der Waals surface area contributed by atoms with Crippen LogP contribution < -0.4 is 0 Å². The van der Waals surface area contributed by atoms with Crippen LogP contribution in [0, 0.1) is 5.82 Å². The van der Waals surface area contributed by atoms with Crippen LogP contribution in [0.4, 0.5) is 26.3 Å². The first-order valence-electron chi connectivity index (χ1n) is 4.35. The van der Waals surface area contributed by atoms with Crippen molar-refractivity contribution in [1.82, 2.24) is 0 Å². The predicted molar refractivity (Wildman–Crippen MR) is 46.4 cm³/mol. The molecule has 0 unspecified atom stereocenters. The number of Topliss-reactive ketones (excluding diaryl/α,β-unsaturated/α-hetero) is 1. The first kappa shape index (κ1) is 13.5. The van der Waals surface area contributed by atoms with Crippen LogP contribution in [0.2, 0.25) is 0 Å². The van der Waals surface area contributed by atoms with Crippen molar-refractivity contribution in [2.45, 2.75) is 19.5 Å². The Kier molecular flexibility index (Phi) is 3.49. The molecule has 1 nitrogen and oxygen atoms in total. The lowest BCUT2D eigenvalue weighted by atomic mass is 10.00. The molecule has 1 aromatic carbocycles. The van der Waals surface area contributed by atoms with Crippen molar-refractivity contribution in [3.8, 4) is 0 Å². The monoisotopic (exact) mass is 256 g/mol. The maximum absolute atomic E-state index is 13.3. The first-order valence-corrected chi connectivity index (χ1v) is 4.35. The summed E-state index contributed by atoms with van der Waals surface area (Å²) in [5.74, 6) is -3.14. The van der Waals surface area contributed by atoms with Crippen molar-refractivity contribution in [3.63, 3.8) is 0 Å². The summed E-state index contributed by atoms with van der Waals surface area (Å²) in [6.07, 6.45) is -8.58. The number of rotatable bonds is 2. The van der Waals surface area contributed by atoms with Crippen molar-refractivity contribution in [2.75, 3.05) is 0 Å². The molecule has 0 spiro atoms. The average molecular weight is 256 g/mol. The molecule has 0 N–H and O–H groups in total. The van der Waals surface area contributed by atoms with Crippen molar-refractivity contribution >= 4 is 5.78 Å². The zero-order chi connectivity index (χ0) is 13.4. The highest BCUT2D eigenvalue weighted by molar-refractivity contribution is 5.95. The molecule has 0 bridgehead atoms. The second-order valence-electron chi connectivity index (χ2n) is 3.25. The van der Waals surface area contributed by atoms with Crippen LogP contribution >= 0.6 is 0 Å². The van der Waals surface area contributed by atoms with Crippen LogP contribution in [0.1, 0.15) is 34.8 Å². The van der Waals surface area contributed by atoms with Gasteiger partial charge in [-0.3, -0.25) is 4.79 Å². The van der Waals surface area contributed by atoms with Gasteiger partial charge in [0.05, 0.1) is 5.56 Å². The average Bonchev–Trinajstić information content (AvgIpc) is 2.14. The van der Waals surface area contributed by atoms with E-state index >= 15 is 0 Å². The van der Waals surface area contributed by atoms with E-state index in [1.54, 1.807) is 0 Å². The van der Waals surface area contributed by atoms with Crippen molar-refractivity contribution < 1.29 is 31.1 Å². The number of hydrogen-bond acceptors (Lipinski definition) is 1. The van der Waals surface area contributed by atoms with Crippen LogP contribution in [0.3, 0.4) is 0 Å². The van der Waals surface area contributed by atoms with Crippen LogP contribution in [0.15, 0.2) is 12.1 Å². The number of halogens is 6. The number of ketones is 1. The topological polar surface area (TPSA) is 17.1 Å². The number of hydrogen-bond donors (Lipinski definition) is 0. The molecule has 1 aromatic rings. The van der Waals surface area contributed by atoms with Gasteiger partial charge in [-0.15, -0.1) is 0 Å². The van der Waals surface area contributed by atoms with E-state index in [9.17, 15) is 31.1 Å². The molecule has 0 heterocycles. The molecular weight excluding hydrogens is 250 g/mol. The standard InChI is InChI=1S/C10H6F6O/c1-4(17)5-2-3-6(9(12)13)8(11)7(5)10(14,15)16/h2-3,9H,1H3. The summed E-state index contributed by atoms with van der Waals surface area (Å²) in [6.45, 7) is 0.798. The summed E-state index contributed by atoms with van der Waals surface area (Å²) in [5.41, 5.74) is -4.27. The quantitative estimate of drug-likeness (QED) is 0.577. The highest BCUT2D eigenvalue weighted by Crippen LogP contribution is 2.37. The van der Waals surface area contributed by atoms with Crippen LogP contribution in [-0.4, -0.2) is 5.78 Å². The van der Waals surface area contributed by atoms with Gasteiger partial charge in [0.25, 0.3) is 6.43 Å². The summed E-state index contributed by atoms with van der Waals surface area (Å²) >= 11 is 0. The van der Waals surface area contributed by atoms with Gasteiger partial charge in [0.2, 0.25) is 0 Å². The van der Waals surface area contributed by atoms with E-state index in [0.29, 0.717) is 12.1 Å². The van der Waals surface area contributed by atoms with Crippen LogP contribution in [0.5, 0.6) is 0 Å². The molecular formula is C10H6F6O. The van der Waals surface area contributed by atoms with E-state index in [1.165, 1.54) is 0 Å². The Morgan fingerprint density at radius 1 is 1.24 bits per heavy atom. The largest absolute Gasteiger partial charge is 0.419 e. The van der Waals surface area contributed by atoms with Gasteiger partial charge in [-0.1, -0.05) is 6.07 Å². The van der Waals surface area contributed by atoms with Gasteiger partial charge in [0, 0.05) is 5.56 Å². The van der Waals surface area contributed by atoms with Gasteiger partial charge in [-0.2, -0.15) is 13.2 Å². The summed E-state index contributed by atoms with van der Waals surface area (Å²) in [4.78, 5) is 10.9. The molecule has 7 heteroatoms. The number of carbonyl (C=O) groups excluding carboxylic acids is 1. The second kappa shape index (κ2) is 4.38. The highest BCUT2D eigenvalue weighted by Gasteiger charge is 2.39. The first-order chi connectivity index (χ1) is 7.66. The van der Waals surface area contributed by atoms with E-state index < -0.39 is 40.9 Å². The maximum atomic E-state index is 13.3. The van der Waals surface area contributed by atoms with Crippen molar-refractivity contribution in [3.05, 3.63) is 34.6 Å². The number of alkyl halides is 5. The smallest absolute Gasteiger partial charge is 0.294 e. The minimum Gasteiger partial charge on any atom is -0.294 e. The molecule has 0 atom stereocenters. The Hall–Kier alpha value is -1.53. The number of benzene rings is 1. The Morgan fingerprint density at radius 3 is 2.12 bits per heavy atom. The third kappa shape index (κ3) is 2.59. The van der Waals surface area contributed by atoms with Crippen molar-refractivity contribution in [1.29, 1.82) is 0 Å². The molecule has 0 radical (unpaired) electrons. The van der Waals surface area contributed by atoms with Crippen LogP contribution in [-0.2, 0) is 6.18 Å². The molecule has 0 amide bonds. The Bertz CT molecular complexity index is 449. The lowest BCUT2D eigenvalue weighted by Crippen LogP contribution is -2.16. The minimum atomic E-state index is -5.20. The van der Waals surface area contributed by atoms with Gasteiger partial charge in [-0.25, -0.2) is 13.2 Å². The molecule has 1 rings (SSSR count). The van der Waals surface area contributed by atoms with E-state index in [2.05, 4.69) is 0 Å². The fourth-order valence-electron chi connectivity index (χ4n) is 1.33. The summed E-state index contributed by atoms with van der Waals surface area (Å²) in [6, 6.07) is 1.03. The zero-order valence-corrected chi connectivity index (χ0v) is 8.41. The van der Waals surface area contributed by atoms with Gasteiger partial charge in [0.1, 0.15) is 11.4 Å². The Morgan fingerprint density at radius 2 is 1.76 bits per heavy atom. The number of carbonyl (C=O) groups is 1. The summed E-state index contributed by atoms with van der Waals surface area (Å²) < 4.78 is 75.2. The van der Waals surface area contributed by atoms with E-state index in [4.69, 9.17) is 0 Å². The Labute approximate surface area is 92.0 Å². The minimum absolute atomic E-state index is 0.478. The summed E-state index contributed by atoms with van der Waals surface area (Å²) in [5, 5.41) is 0. The third-order valence-corrected chi connectivity index (χ3v) is 2.07. The molecule has 17 heavy (non-hydrogen) atoms. The maximum Gasteiger partial charge on any atom is 0.419 e. The molecule has 0 aliphatic rings. The lowest BCUT2D eigenvalue weighted by Gasteiger charge is -2.14. The predicted octanol–water partition coefficient (Wildman–Crippen LogP) is 3.98. The molecule has 0 aliphatic carbocycles. The molecule has 0 fully saturated rings. The summed E-state index contributed by atoms with van der Waals surface area (Å²) in [7, 11) is 0. The van der Waals surface area contributed by atoms with Gasteiger partial charge in [-0.05, 0) is 13.0 Å². The van der Waals surface area contributed by atoms with Crippen molar-refractivity contribution in [2.24, 2.45) is 0 Å². The van der Waals surface area contributed by atoms with Gasteiger partial charge < -0.3 is 0 Å². The van der Waals surface area contributed by atoms with E-state index in [0.717, 1.165) is 6.92 Å². The molecule has 0 saturated heterocycles. The Balaban J connectivity index is 3.60. The molecule has 0 aromatic heterocycles. The third-order valence-electron chi connectivity index (χ3n) is 2.07. The highest BCUT2D eigenvalue weighted by atomic mass is 19.4. The lowest BCUT2D eigenvalue weighted by molar-refractivity contribution is -0.140. The second-order valence-corrected chi connectivity index (χ2v) is 3.25. The van der Waals surface area contributed by atoms with Gasteiger partial charge in [0.15, 0.2) is 5.78 Å². The van der Waals surface area contributed by atoms with E-state index in [1.807, 2.05) is 0 Å². The SMILES string of the molecule is CC(=O)c1ccc(C(F)F)c(F)c1C(F)(F)F. The molecule has 0 aliphatic heterocycles. The fourth-order valence-corrected chi connectivity index (χ4v) is 1.33. The van der Waals surface area contributed by atoms with E-state index in [-0.39, 0.29) is 0 Å². The molecule has 94 valence electrons. The molecule has 0 saturated carbocycles. The normalized spacial score (nSPS) is 12.0. The fraction of sp³-hybridized carbons (Fsp3) is 0.300. The van der Waals surface area contributed by atoms with Gasteiger partial charge >= 0.3 is 6.18 Å². The van der Waals surface area contributed by atoms with Crippen LogP contribution in [0.25, 0.3) is 0 Å².